The molecule has 2 rings (SSSR count). The molecule has 0 radical (unpaired) electrons. The number of anilines is 2. The first-order valence-corrected chi connectivity index (χ1v) is 6.41. The molecule has 1 aromatic heterocycles. The summed E-state index contributed by atoms with van der Waals surface area (Å²) >= 11 is 0. The lowest BCUT2D eigenvalue weighted by atomic mass is 10.1. The summed E-state index contributed by atoms with van der Waals surface area (Å²) in [5.74, 6) is 1.29. The molecule has 0 saturated heterocycles. The smallest absolute Gasteiger partial charge is 0.222 e. The Hall–Kier alpha value is -1.36. The second kappa shape index (κ2) is 5.82. The van der Waals surface area contributed by atoms with Gasteiger partial charge in [-0.2, -0.15) is 4.98 Å². The van der Waals surface area contributed by atoms with Crippen LogP contribution in [0.4, 0.5) is 11.8 Å². The van der Waals surface area contributed by atoms with Crippen molar-refractivity contribution >= 4 is 11.8 Å². The maximum atomic E-state index is 5.73. The lowest BCUT2D eigenvalue weighted by Gasteiger charge is -2.19. The van der Waals surface area contributed by atoms with Crippen molar-refractivity contribution in [3.8, 4) is 0 Å². The van der Waals surface area contributed by atoms with E-state index in [1.165, 1.54) is 24.8 Å². The van der Waals surface area contributed by atoms with Crippen molar-refractivity contribution in [2.24, 2.45) is 0 Å². The van der Waals surface area contributed by atoms with Gasteiger partial charge in [-0.3, -0.25) is 0 Å². The van der Waals surface area contributed by atoms with Crippen LogP contribution in [0.5, 0.6) is 0 Å². The highest BCUT2D eigenvalue weighted by atomic mass is 15.1. The Morgan fingerprint density at radius 1 is 1.35 bits per heavy atom. The van der Waals surface area contributed by atoms with Crippen molar-refractivity contribution in [1.29, 1.82) is 0 Å². The van der Waals surface area contributed by atoms with E-state index in [0.717, 1.165) is 37.6 Å². The fraction of sp³-hybridized carbons (Fsp3) is 0.667. The van der Waals surface area contributed by atoms with Crippen molar-refractivity contribution in [3.63, 3.8) is 0 Å². The van der Waals surface area contributed by atoms with E-state index in [-0.39, 0.29) is 0 Å². The molecule has 1 aromatic rings. The molecule has 0 amide bonds. The molecule has 0 aliphatic carbocycles. The van der Waals surface area contributed by atoms with Gasteiger partial charge in [-0.05, 0) is 6.42 Å². The number of fused-ring (bicyclic) bond motifs is 1. The average molecular weight is 235 g/mol. The van der Waals surface area contributed by atoms with Crippen LogP contribution in [-0.2, 0) is 13.0 Å². The largest absolute Gasteiger partial charge is 0.370 e. The number of nitrogens with zero attached hydrogens (tertiary/aromatic N) is 2. The summed E-state index contributed by atoms with van der Waals surface area (Å²) < 4.78 is 0. The molecule has 4 N–H and O–H groups in total. The molecule has 0 spiro atoms. The topological polar surface area (TPSA) is 75.9 Å². The monoisotopic (exact) mass is 235 g/mol. The first-order valence-electron chi connectivity index (χ1n) is 6.41. The van der Waals surface area contributed by atoms with Crippen LogP contribution in [0.2, 0.25) is 0 Å². The van der Waals surface area contributed by atoms with Gasteiger partial charge in [0.25, 0.3) is 0 Å². The summed E-state index contributed by atoms with van der Waals surface area (Å²) in [6, 6.07) is 0. The number of aromatic nitrogens is 2. The first kappa shape index (κ1) is 12.1. The van der Waals surface area contributed by atoms with Crippen molar-refractivity contribution in [2.75, 3.05) is 24.1 Å². The summed E-state index contributed by atoms with van der Waals surface area (Å²) in [5, 5.41) is 6.72. The van der Waals surface area contributed by atoms with Crippen molar-refractivity contribution in [2.45, 2.75) is 39.2 Å². The van der Waals surface area contributed by atoms with E-state index >= 15 is 0 Å². The fourth-order valence-corrected chi connectivity index (χ4v) is 2.09. The highest BCUT2D eigenvalue weighted by Gasteiger charge is 2.16. The number of hydrogen-bond acceptors (Lipinski definition) is 5. The van der Waals surface area contributed by atoms with E-state index in [2.05, 4.69) is 27.5 Å². The molecule has 0 unspecified atom stereocenters. The molecule has 1 aliphatic rings. The van der Waals surface area contributed by atoms with Crippen LogP contribution in [0.15, 0.2) is 0 Å². The van der Waals surface area contributed by atoms with Gasteiger partial charge >= 0.3 is 0 Å². The number of nitrogen functional groups attached to an aromatic ring is 1. The molecule has 0 fully saturated rings. The normalized spacial score (nSPS) is 14.4. The standard InChI is InChI=1S/C12H21N5/c1-2-3-4-6-15-11-9-8-14-7-5-10(9)16-12(13)17-11/h14H,2-8H2,1H3,(H3,13,15,16,17). The summed E-state index contributed by atoms with van der Waals surface area (Å²) in [6.07, 6.45) is 4.58. The van der Waals surface area contributed by atoms with Gasteiger partial charge in [-0.1, -0.05) is 19.8 Å². The van der Waals surface area contributed by atoms with Gasteiger partial charge in [0, 0.05) is 31.6 Å². The van der Waals surface area contributed by atoms with Gasteiger partial charge in [0.1, 0.15) is 5.82 Å². The van der Waals surface area contributed by atoms with E-state index < -0.39 is 0 Å². The first-order chi connectivity index (χ1) is 8.31. The minimum atomic E-state index is 0.378. The Labute approximate surface area is 102 Å². The van der Waals surface area contributed by atoms with Crippen molar-refractivity contribution in [1.82, 2.24) is 15.3 Å². The minimum absolute atomic E-state index is 0.378. The average Bonchev–Trinajstić information content (AvgIpc) is 2.34. The maximum Gasteiger partial charge on any atom is 0.222 e. The third-order valence-corrected chi connectivity index (χ3v) is 3.02. The van der Waals surface area contributed by atoms with Crippen LogP contribution in [0.3, 0.4) is 0 Å². The second-order valence-electron chi connectivity index (χ2n) is 4.42. The Morgan fingerprint density at radius 3 is 3.06 bits per heavy atom. The van der Waals surface area contributed by atoms with Gasteiger partial charge in [-0.25, -0.2) is 4.98 Å². The Bertz CT molecular complexity index is 377. The van der Waals surface area contributed by atoms with Crippen LogP contribution in [-0.4, -0.2) is 23.1 Å². The number of rotatable bonds is 5. The quantitative estimate of drug-likeness (QED) is 0.671. The number of nitrogens with two attached hydrogens (primary N) is 1. The molecule has 2 heterocycles. The number of unbranched alkanes of at least 4 members (excludes halogenated alkanes) is 2. The predicted octanol–water partition coefficient (Wildman–Crippen LogP) is 1.31. The van der Waals surface area contributed by atoms with Crippen LogP contribution in [0.25, 0.3) is 0 Å². The molecule has 0 bridgehead atoms. The molecular formula is C12H21N5. The van der Waals surface area contributed by atoms with E-state index in [1.54, 1.807) is 0 Å². The zero-order valence-corrected chi connectivity index (χ0v) is 10.4. The van der Waals surface area contributed by atoms with Gasteiger partial charge in [0.05, 0.1) is 5.69 Å². The predicted molar refractivity (Wildman–Crippen MR) is 69.9 cm³/mol. The lowest BCUT2D eigenvalue weighted by Crippen LogP contribution is -2.27. The molecule has 1 aliphatic heterocycles. The fourth-order valence-electron chi connectivity index (χ4n) is 2.09. The second-order valence-corrected chi connectivity index (χ2v) is 4.42. The summed E-state index contributed by atoms with van der Waals surface area (Å²) in [5.41, 5.74) is 8.00. The van der Waals surface area contributed by atoms with Gasteiger partial charge < -0.3 is 16.4 Å². The van der Waals surface area contributed by atoms with E-state index in [1.807, 2.05) is 0 Å². The molecule has 17 heavy (non-hydrogen) atoms. The van der Waals surface area contributed by atoms with Gasteiger partial charge in [0.15, 0.2) is 0 Å². The van der Waals surface area contributed by atoms with Crippen molar-refractivity contribution in [3.05, 3.63) is 11.3 Å². The zero-order chi connectivity index (χ0) is 12.1. The summed E-state index contributed by atoms with van der Waals surface area (Å²) in [4.78, 5) is 8.61. The van der Waals surface area contributed by atoms with E-state index in [9.17, 15) is 0 Å². The third-order valence-electron chi connectivity index (χ3n) is 3.02. The zero-order valence-electron chi connectivity index (χ0n) is 10.4. The van der Waals surface area contributed by atoms with Crippen LogP contribution >= 0.6 is 0 Å². The molecular weight excluding hydrogens is 214 g/mol. The third kappa shape index (κ3) is 3.06. The SMILES string of the molecule is CCCCCNc1nc(N)nc2c1CNCC2. The molecule has 0 atom stereocenters. The van der Waals surface area contributed by atoms with E-state index in [0.29, 0.717) is 5.95 Å². The Morgan fingerprint density at radius 2 is 2.24 bits per heavy atom. The highest BCUT2D eigenvalue weighted by molar-refractivity contribution is 5.50. The highest BCUT2D eigenvalue weighted by Crippen LogP contribution is 2.20. The van der Waals surface area contributed by atoms with Crippen LogP contribution in [0.1, 0.15) is 37.4 Å². The van der Waals surface area contributed by atoms with Crippen LogP contribution < -0.4 is 16.4 Å². The molecule has 94 valence electrons. The molecule has 5 nitrogen and oxygen atoms in total. The van der Waals surface area contributed by atoms with E-state index in [4.69, 9.17) is 5.73 Å². The maximum absolute atomic E-state index is 5.73. The van der Waals surface area contributed by atoms with Gasteiger partial charge in [-0.15, -0.1) is 0 Å². The molecule has 0 saturated carbocycles. The Kier molecular flexibility index (Phi) is 4.14. The van der Waals surface area contributed by atoms with Crippen LogP contribution in [0, 0.1) is 0 Å². The minimum Gasteiger partial charge on any atom is -0.370 e. The number of nitrogens with one attached hydrogen (secondary N) is 2. The summed E-state index contributed by atoms with van der Waals surface area (Å²) in [6.45, 7) is 4.97. The van der Waals surface area contributed by atoms with Crippen molar-refractivity contribution < 1.29 is 0 Å². The Balaban J connectivity index is 2.07. The number of hydrogen-bond donors (Lipinski definition) is 3. The summed E-state index contributed by atoms with van der Waals surface area (Å²) in [7, 11) is 0. The lowest BCUT2D eigenvalue weighted by molar-refractivity contribution is 0.627. The molecule has 5 heteroatoms. The molecule has 0 aromatic carbocycles. The van der Waals surface area contributed by atoms with Gasteiger partial charge in [0.2, 0.25) is 5.95 Å².